The molecule has 3 amide bonds. The second-order valence-electron chi connectivity index (χ2n) is 9.23. The second-order valence-corrected chi connectivity index (χ2v) is 9.23. The summed E-state index contributed by atoms with van der Waals surface area (Å²) in [5.74, 6) is 0.456. The second kappa shape index (κ2) is 11.5. The fraction of sp³-hybridized carbons (Fsp3) is 0.407. The summed E-state index contributed by atoms with van der Waals surface area (Å²) in [6, 6.07) is 15.2. The zero-order chi connectivity index (χ0) is 25.7. The van der Waals surface area contributed by atoms with Gasteiger partial charge in [0, 0.05) is 52.5 Å². The van der Waals surface area contributed by atoms with Crippen LogP contribution in [0.5, 0.6) is 5.75 Å². The number of nitrogens with zero attached hydrogens (tertiary/aromatic N) is 4. The van der Waals surface area contributed by atoms with Gasteiger partial charge in [0.2, 0.25) is 0 Å². The van der Waals surface area contributed by atoms with Crippen molar-refractivity contribution < 1.29 is 19.4 Å². The zero-order valence-corrected chi connectivity index (χ0v) is 21.2. The summed E-state index contributed by atoms with van der Waals surface area (Å²) in [5, 5.41) is 13.3. The van der Waals surface area contributed by atoms with Crippen LogP contribution in [0.25, 0.3) is 6.08 Å². The van der Waals surface area contributed by atoms with Crippen LogP contribution in [0, 0.1) is 0 Å². The van der Waals surface area contributed by atoms with E-state index in [0.717, 1.165) is 53.8 Å². The number of anilines is 2. The average Bonchev–Trinajstić information content (AvgIpc) is 3.12. The number of piperazine rings is 1. The van der Waals surface area contributed by atoms with E-state index in [1.807, 2.05) is 68.4 Å². The molecule has 36 heavy (non-hydrogen) atoms. The lowest BCUT2D eigenvalue weighted by molar-refractivity contribution is -0.124. The van der Waals surface area contributed by atoms with Crippen LogP contribution in [-0.4, -0.2) is 92.9 Å². The number of amides is 3. The van der Waals surface area contributed by atoms with Crippen LogP contribution in [-0.2, 0) is 4.79 Å². The minimum atomic E-state index is -0.833. The number of para-hydroxylation sites is 2. The molecule has 0 spiro atoms. The van der Waals surface area contributed by atoms with Gasteiger partial charge in [-0.05, 0) is 42.8 Å². The first kappa shape index (κ1) is 25.5. The zero-order valence-electron chi connectivity index (χ0n) is 21.2. The van der Waals surface area contributed by atoms with E-state index in [0.29, 0.717) is 13.2 Å². The van der Waals surface area contributed by atoms with Crippen molar-refractivity contribution in [2.45, 2.75) is 13.0 Å². The molecule has 1 unspecified atom stereocenters. The Labute approximate surface area is 212 Å². The first-order valence-corrected chi connectivity index (χ1v) is 12.3. The molecule has 2 aromatic carbocycles. The first-order valence-electron chi connectivity index (χ1n) is 12.3. The molecule has 0 aliphatic carbocycles. The molecule has 2 aliphatic rings. The maximum absolute atomic E-state index is 12.8. The fourth-order valence-electron chi connectivity index (χ4n) is 4.51. The number of urea groups is 1. The van der Waals surface area contributed by atoms with Crippen molar-refractivity contribution in [1.29, 1.82) is 0 Å². The molecule has 4 rings (SSSR count). The molecule has 1 atom stereocenters. The van der Waals surface area contributed by atoms with Crippen molar-refractivity contribution in [3.63, 3.8) is 0 Å². The van der Waals surface area contributed by atoms with Crippen molar-refractivity contribution >= 4 is 29.4 Å². The van der Waals surface area contributed by atoms with Crippen LogP contribution in [0.1, 0.15) is 12.5 Å². The summed E-state index contributed by atoms with van der Waals surface area (Å²) >= 11 is 0. The molecule has 2 N–H and O–H groups in total. The lowest BCUT2D eigenvalue weighted by atomic mass is 10.1. The highest BCUT2D eigenvalue weighted by molar-refractivity contribution is 6.14. The Kier molecular flexibility index (Phi) is 8.12. The van der Waals surface area contributed by atoms with Gasteiger partial charge >= 0.3 is 6.03 Å². The molecule has 0 aromatic heterocycles. The standard InChI is InChI=1S/C27H35N5O4/c1-4-36-25-8-6-5-7-24(25)31-15-13-30(14-16-31)18-22(33)19-32-26(34)23(28-27(32)35)17-20-9-11-21(12-10-20)29(2)3/h5-12,17,22,33H,4,13-16,18-19H2,1-3H3,(H,28,35)/b23-17-. The number of β-amino-alcohol motifs (C(OH)–C–C–N with tert-alkyl or cyclic N) is 1. The lowest BCUT2D eigenvalue weighted by Gasteiger charge is -2.37. The number of hydrogen-bond acceptors (Lipinski definition) is 7. The number of imide groups is 1. The molecule has 9 nitrogen and oxygen atoms in total. The van der Waals surface area contributed by atoms with Crippen LogP contribution >= 0.6 is 0 Å². The largest absolute Gasteiger partial charge is 0.492 e. The molecule has 2 fully saturated rings. The van der Waals surface area contributed by atoms with Crippen molar-refractivity contribution in [3.8, 4) is 5.75 Å². The number of benzene rings is 2. The molecular formula is C27H35N5O4. The third-order valence-electron chi connectivity index (χ3n) is 6.42. The summed E-state index contributed by atoms with van der Waals surface area (Å²) in [6.07, 6.45) is 0.825. The Balaban J connectivity index is 1.30. The smallest absolute Gasteiger partial charge is 0.329 e. The minimum Gasteiger partial charge on any atom is -0.492 e. The van der Waals surface area contributed by atoms with Crippen LogP contribution in [0.15, 0.2) is 54.2 Å². The highest BCUT2D eigenvalue weighted by Crippen LogP contribution is 2.29. The Hall–Kier alpha value is -3.56. The minimum absolute atomic E-state index is 0.0467. The van der Waals surface area contributed by atoms with Gasteiger partial charge in [-0.2, -0.15) is 0 Å². The summed E-state index contributed by atoms with van der Waals surface area (Å²) in [4.78, 5) is 32.8. The molecule has 2 saturated heterocycles. The fourth-order valence-corrected chi connectivity index (χ4v) is 4.51. The molecule has 192 valence electrons. The van der Waals surface area contributed by atoms with Crippen LogP contribution in [0.4, 0.5) is 16.2 Å². The maximum Gasteiger partial charge on any atom is 0.329 e. The van der Waals surface area contributed by atoms with Gasteiger partial charge in [-0.3, -0.25) is 14.6 Å². The first-order chi connectivity index (χ1) is 17.4. The van der Waals surface area contributed by atoms with Gasteiger partial charge in [0.1, 0.15) is 11.4 Å². The van der Waals surface area contributed by atoms with E-state index in [-0.39, 0.29) is 12.2 Å². The molecule has 0 radical (unpaired) electrons. The Morgan fingerprint density at radius 1 is 1.03 bits per heavy atom. The highest BCUT2D eigenvalue weighted by Gasteiger charge is 2.35. The number of ether oxygens (including phenoxy) is 1. The molecule has 0 bridgehead atoms. The number of hydrogen-bond donors (Lipinski definition) is 2. The quantitative estimate of drug-likeness (QED) is 0.409. The topological polar surface area (TPSA) is 88.6 Å². The van der Waals surface area contributed by atoms with E-state index in [1.165, 1.54) is 0 Å². The molecule has 2 aliphatic heterocycles. The van der Waals surface area contributed by atoms with Crippen LogP contribution < -0.4 is 19.9 Å². The predicted octanol–water partition coefficient (Wildman–Crippen LogP) is 2.23. The molecule has 2 aromatic rings. The molecular weight excluding hydrogens is 458 g/mol. The summed E-state index contributed by atoms with van der Waals surface area (Å²) in [6.45, 7) is 6.09. The Morgan fingerprint density at radius 3 is 2.39 bits per heavy atom. The van der Waals surface area contributed by atoms with E-state index in [2.05, 4.69) is 21.2 Å². The number of carbonyl (C=O) groups excluding carboxylic acids is 2. The summed E-state index contributed by atoms with van der Waals surface area (Å²) < 4.78 is 5.76. The summed E-state index contributed by atoms with van der Waals surface area (Å²) in [7, 11) is 3.91. The van der Waals surface area contributed by atoms with E-state index >= 15 is 0 Å². The van der Waals surface area contributed by atoms with Crippen molar-refractivity contribution in [2.24, 2.45) is 0 Å². The summed E-state index contributed by atoms with van der Waals surface area (Å²) in [5.41, 5.74) is 3.15. The normalized spacial score (nSPS) is 18.5. The highest BCUT2D eigenvalue weighted by atomic mass is 16.5. The third-order valence-corrected chi connectivity index (χ3v) is 6.42. The number of carbonyl (C=O) groups is 2. The van der Waals surface area contributed by atoms with Gasteiger partial charge in [-0.15, -0.1) is 0 Å². The lowest BCUT2D eigenvalue weighted by Crippen LogP contribution is -2.50. The third kappa shape index (κ3) is 5.98. The van der Waals surface area contributed by atoms with Crippen LogP contribution in [0.2, 0.25) is 0 Å². The Bertz CT molecular complexity index is 1090. The molecule has 0 saturated carbocycles. The maximum atomic E-state index is 12.8. The SMILES string of the molecule is CCOc1ccccc1N1CCN(CC(O)CN2C(=O)N/C(=C\c3ccc(N(C)C)cc3)C2=O)CC1. The Morgan fingerprint density at radius 2 is 1.72 bits per heavy atom. The van der Waals surface area contributed by atoms with Gasteiger partial charge in [0.25, 0.3) is 5.91 Å². The van der Waals surface area contributed by atoms with Crippen LogP contribution in [0.3, 0.4) is 0 Å². The van der Waals surface area contributed by atoms with Crippen molar-refractivity contribution in [1.82, 2.24) is 15.1 Å². The van der Waals surface area contributed by atoms with Gasteiger partial charge in [0.05, 0.1) is 24.9 Å². The van der Waals surface area contributed by atoms with Gasteiger partial charge < -0.3 is 25.0 Å². The number of rotatable bonds is 9. The van der Waals surface area contributed by atoms with Crippen molar-refractivity contribution in [2.75, 3.05) is 69.8 Å². The molecule has 2 heterocycles. The van der Waals surface area contributed by atoms with E-state index < -0.39 is 18.0 Å². The average molecular weight is 494 g/mol. The van der Waals surface area contributed by atoms with Gasteiger partial charge in [0.15, 0.2) is 0 Å². The van der Waals surface area contributed by atoms with Gasteiger partial charge in [-0.1, -0.05) is 24.3 Å². The molecule has 9 heteroatoms. The van der Waals surface area contributed by atoms with E-state index in [1.54, 1.807) is 6.08 Å². The monoisotopic (exact) mass is 493 g/mol. The number of nitrogens with one attached hydrogen (secondary N) is 1. The predicted molar refractivity (Wildman–Crippen MR) is 141 cm³/mol. The number of aliphatic hydroxyl groups excluding tert-OH is 1. The van der Waals surface area contributed by atoms with Gasteiger partial charge in [-0.25, -0.2) is 4.79 Å². The van der Waals surface area contributed by atoms with Crippen molar-refractivity contribution in [3.05, 3.63) is 59.8 Å². The van der Waals surface area contributed by atoms with E-state index in [9.17, 15) is 14.7 Å². The van der Waals surface area contributed by atoms with E-state index in [4.69, 9.17) is 4.74 Å². The number of aliphatic hydroxyl groups is 1.